The van der Waals surface area contributed by atoms with Crippen molar-refractivity contribution in [1.29, 1.82) is 0 Å². The molecule has 0 radical (unpaired) electrons. The fraction of sp³-hybridized carbons (Fsp3) is 0.909. The number of thiol groups is 1. The van der Waals surface area contributed by atoms with Crippen LogP contribution in [-0.4, -0.2) is 67.8 Å². The summed E-state index contributed by atoms with van der Waals surface area (Å²) in [6.07, 6.45) is 0.614. The molecule has 0 spiro atoms. The van der Waals surface area contributed by atoms with E-state index >= 15 is 0 Å². The second-order valence-corrected chi connectivity index (χ2v) is 4.41. The summed E-state index contributed by atoms with van der Waals surface area (Å²) in [6.45, 7) is 3.33. The molecule has 5 nitrogen and oxygen atoms in total. The van der Waals surface area contributed by atoms with Crippen LogP contribution in [0.4, 0.5) is 0 Å². The van der Waals surface area contributed by atoms with Crippen LogP contribution < -0.4 is 0 Å². The predicted octanol–water partition coefficient (Wildman–Crippen LogP) is -0.210. The zero-order chi connectivity index (χ0) is 12.5. The largest absolute Gasteiger partial charge is 0.394 e. The summed E-state index contributed by atoms with van der Waals surface area (Å²) in [7, 11) is 0. The molecule has 0 saturated carbocycles. The molecule has 1 fully saturated rings. The maximum atomic E-state index is 11.5. The molecular formula is C11H21NO4S. The smallest absolute Gasteiger partial charge is 0.223 e. The summed E-state index contributed by atoms with van der Waals surface area (Å²) >= 11 is 4.21. The number of amides is 1. The summed E-state index contributed by atoms with van der Waals surface area (Å²) in [6, 6.07) is 0. The Morgan fingerprint density at radius 3 is 2.59 bits per heavy atom. The van der Waals surface area contributed by atoms with E-state index in [-0.39, 0.29) is 12.5 Å². The van der Waals surface area contributed by atoms with Crippen molar-refractivity contribution >= 4 is 18.5 Å². The number of hydrogen-bond acceptors (Lipinski definition) is 5. The number of hydrogen-bond donors (Lipinski definition) is 2. The van der Waals surface area contributed by atoms with Crippen molar-refractivity contribution in [2.45, 2.75) is 6.42 Å². The molecule has 100 valence electrons. The molecule has 1 rings (SSSR count). The van der Waals surface area contributed by atoms with Gasteiger partial charge in [-0.3, -0.25) is 4.79 Å². The highest BCUT2D eigenvalue weighted by Crippen LogP contribution is 2.18. The standard InChI is InChI=1S/C11H21NO4S/c13-2-4-16-6-5-15-3-1-12-8-10(9-17)7-11(12)14/h10,13,17H,1-9H2. The van der Waals surface area contributed by atoms with Crippen LogP contribution in [0.2, 0.25) is 0 Å². The molecule has 1 aliphatic rings. The number of nitrogens with zero attached hydrogens (tertiary/aromatic N) is 1. The van der Waals surface area contributed by atoms with E-state index < -0.39 is 0 Å². The van der Waals surface area contributed by atoms with Crippen LogP contribution in [0.5, 0.6) is 0 Å². The number of ether oxygens (including phenoxy) is 2. The Balaban J connectivity index is 1.98. The Bertz CT molecular complexity index is 228. The van der Waals surface area contributed by atoms with E-state index in [1.807, 2.05) is 4.90 Å². The number of aliphatic hydroxyl groups is 1. The highest BCUT2D eigenvalue weighted by molar-refractivity contribution is 7.80. The maximum Gasteiger partial charge on any atom is 0.223 e. The number of likely N-dealkylation sites (tertiary alicyclic amines) is 1. The Kier molecular flexibility index (Phi) is 7.59. The van der Waals surface area contributed by atoms with Crippen molar-refractivity contribution in [2.75, 3.05) is 51.9 Å². The minimum absolute atomic E-state index is 0.0351. The van der Waals surface area contributed by atoms with Crippen molar-refractivity contribution in [3.63, 3.8) is 0 Å². The molecule has 1 saturated heterocycles. The van der Waals surface area contributed by atoms with Crippen molar-refractivity contribution in [3.05, 3.63) is 0 Å². The molecule has 1 atom stereocenters. The zero-order valence-electron chi connectivity index (χ0n) is 10.0. The second kappa shape index (κ2) is 8.74. The van der Waals surface area contributed by atoms with Crippen molar-refractivity contribution in [3.8, 4) is 0 Å². The molecule has 0 aliphatic carbocycles. The minimum Gasteiger partial charge on any atom is -0.394 e. The van der Waals surface area contributed by atoms with E-state index in [1.165, 1.54) is 0 Å². The average Bonchev–Trinajstić information content (AvgIpc) is 2.69. The number of carbonyl (C=O) groups is 1. The Morgan fingerprint density at radius 2 is 2.00 bits per heavy atom. The van der Waals surface area contributed by atoms with Crippen molar-refractivity contribution in [2.24, 2.45) is 5.92 Å². The van der Waals surface area contributed by atoms with Crippen LogP contribution in [0.1, 0.15) is 6.42 Å². The molecule has 1 heterocycles. The van der Waals surface area contributed by atoms with Crippen LogP contribution in [-0.2, 0) is 14.3 Å². The van der Waals surface area contributed by atoms with Crippen LogP contribution in [0.25, 0.3) is 0 Å². The first kappa shape index (κ1) is 14.8. The molecule has 0 bridgehead atoms. The number of aliphatic hydroxyl groups excluding tert-OH is 1. The van der Waals surface area contributed by atoms with E-state index in [1.54, 1.807) is 0 Å². The number of rotatable bonds is 9. The third-order valence-electron chi connectivity index (χ3n) is 2.67. The third-order valence-corrected chi connectivity index (χ3v) is 3.18. The van der Waals surface area contributed by atoms with Gasteiger partial charge in [-0.2, -0.15) is 12.6 Å². The van der Waals surface area contributed by atoms with Gasteiger partial charge in [-0.15, -0.1) is 0 Å². The Morgan fingerprint density at radius 1 is 1.29 bits per heavy atom. The van der Waals surface area contributed by atoms with E-state index in [0.717, 1.165) is 12.3 Å². The zero-order valence-corrected chi connectivity index (χ0v) is 10.9. The van der Waals surface area contributed by atoms with Gasteiger partial charge >= 0.3 is 0 Å². The fourth-order valence-electron chi connectivity index (χ4n) is 1.75. The molecule has 0 aromatic heterocycles. The van der Waals surface area contributed by atoms with Gasteiger partial charge in [-0.25, -0.2) is 0 Å². The van der Waals surface area contributed by atoms with Crippen LogP contribution in [0, 0.1) is 5.92 Å². The van der Waals surface area contributed by atoms with Gasteiger partial charge in [0, 0.05) is 19.5 Å². The van der Waals surface area contributed by atoms with Gasteiger partial charge in [0.05, 0.1) is 33.0 Å². The fourth-order valence-corrected chi connectivity index (χ4v) is 2.00. The lowest BCUT2D eigenvalue weighted by Crippen LogP contribution is -2.29. The van der Waals surface area contributed by atoms with Gasteiger partial charge in [0.2, 0.25) is 5.91 Å². The lowest BCUT2D eigenvalue weighted by atomic mass is 10.1. The Hall–Kier alpha value is -0.300. The van der Waals surface area contributed by atoms with Crippen molar-refractivity contribution in [1.82, 2.24) is 4.90 Å². The van der Waals surface area contributed by atoms with E-state index in [4.69, 9.17) is 14.6 Å². The predicted molar refractivity (Wildman–Crippen MR) is 67.3 cm³/mol. The summed E-state index contributed by atoms with van der Waals surface area (Å²) in [5.41, 5.74) is 0. The molecule has 1 N–H and O–H groups in total. The quantitative estimate of drug-likeness (QED) is 0.446. The van der Waals surface area contributed by atoms with E-state index in [2.05, 4.69) is 12.6 Å². The lowest BCUT2D eigenvalue weighted by Gasteiger charge is -2.16. The second-order valence-electron chi connectivity index (χ2n) is 4.04. The normalized spacial score (nSPS) is 20.2. The molecule has 1 aliphatic heterocycles. The number of carbonyl (C=O) groups excluding carboxylic acids is 1. The molecule has 0 aromatic carbocycles. The molecule has 17 heavy (non-hydrogen) atoms. The highest BCUT2D eigenvalue weighted by atomic mass is 32.1. The van der Waals surface area contributed by atoms with Gasteiger partial charge < -0.3 is 19.5 Å². The first-order valence-corrected chi connectivity index (χ1v) is 6.56. The molecule has 6 heteroatoms. The van der Waals surface area contributed by atoms with Crippen molar-refractivity contribution < 1.29 is 19.4 Å². The summed E-state index contributed by atoms with van der Waals surface area (Å²) in [4.78, 5) is 13.4. The molecular weight excluding hydrogens is 242 g/mol. The monoisotopic (exact) mass is 263 g/mol. The Labute approximate surface area is 107 Å². The SMILES string of the molecule is O=C1CC(CS)CN1CCOCCOCCO. The summed E-state index contributed by atoms with van der Waals surface area (Å²) in [5.74, 6) is 1.35. The van der Waals surface area contributed by atoms with Gasteiger partial charge in [0.15, 0.2) is 0 Å². The third kappa shape index (κ3) is 5.72. The van der Waals surface area contributed by atoms with Gasteiger partial charge in [-0.05, 0) is 11.7 Å². The minimum atomic E-state index is 0.0351. The average molecular weight is 263 g/mol. The highest BCUT2D eigenvalue weighted by Gasteiger charge is 2.27. The van der Waals surface area contributed by atoms with Gasteiger partial charge in [0.1, 0.15) is 0 Å². The summed E-state index contributed by atoms with van der Waals surface area (Å²) < 4.78 is 10.4. The topological polar surface area (TPSA) is 59.0 Å². The molecule has 1 amide bonds. The van der Waals surface area contributed by atoms with Gasteiger partial charge in [0.25, 0.3) is 0 Å². The van der Waals surface area contributed by atoms with Gasteiger partial charge in [-0.1, -0.05) is 0 Å². The van der Waals surface area contributed by atoms with E-state index in [0.29, 0.717) is 45.3 Å². The van der Waals surface area contributed by atoms with Crippen LogP contribution in [0.3, 0.4) is 0 Å². The van der Waals surface area contributed by atoms with E-state index in [9.17, 15) is 4.79 Å². The van der Waals surface area contributed by atoms with Crippen LogP contribution >= 0.6 is 12.6 Å². The summed E-state index contributed by atoms with van der Waals surface area (Å²) in [5, 5.41) is 8.47. The van der Waals surface area contributed by atoms with Crippen LogP contribution in [0.15, 0.2) is 0 Å². The molecule has 1 unspecified atom stereocenters. The first-order valence-electron chi connectivity index (χ1n) is 5.93. The molecule has 0 aromatic rings. The maximum absolute atomic E-state index is 11.5. The lowest BCUT2D eigenvalue weighted by molar-refractivity contribution is -0.128. The first-order chi connectivity index (χ1) is 8.27.